The second-order valence-electron chi connectivity index (χ2n) is 5.51. The molecule has 0 fully saturated rings. The Morgan fingerprint density at radius 2 is 1.84 bits per heavy atom. The smallest absolute Gasteiger partial charge is 0.123 e. The number of nitrogens with zero attached hydrogens (tertiary/aromatic N) is 1. The van der Waals surface area contributed by atoms with Crippen LogP contribution in [0.4, 0.5) is 0 Å². The number of benzene rings is 1. The average molecular weight is 264 g/mol. The van der Waals surface area contributed by atoms with Gasteiger partial charge in [-0.15, -0.1) is 0 Å². The van der Waals surface area contributed by atoms with Gasteiger partial charge in [0.2, 0.25) is 0 Å². The summed E-state index contributed by atoms with van der Waals surface area (Å²) >= 11 is 0. The highest BCUT2D eigenvalue weighted by Crippen LogP contribution is 2.25. The van der Waals surface area contributed by atoms with Gasteiger partial charge in [-0.1, -0.05) is 32.0 Å². The third-order valence-electron chi connectivity index (χ3n) is 3.99. The molecule has 19 heavy (non-hydrogen) atoms. The van der Waals surface area contributed by atoms with Crippen molar-refractivity contribution in [2.24, 2.45) is 5.92 Å². The predicted molar refractivity (Wildman–Crippen MR) is 81.7 cm³/mol. The Morgan fingerprint density at radius 3 is 2.37 bits per heavy atom. The molecule has 108 valence electrons. The molecule has 1 rings (SSSR count). The van der Waals surface area contributed by atoms with Crippen LogP contribution in [0, 0.1) is 5.92 Å². The summed E-state index contributed by atoms with van der Waals surface area (Å²) in [5.74, 6) is 1.60. The van der Waals surface area contributed by atoms with Crippen molar-refractivity contribution in [3.63, 3.8) is 0 Å². The summed E-state index contributed by atoms with van der Waals surface area (Å²) in [6, 6.07) is 9.07. The van der Waals surface area contributed by atoms with Gasteiger partial charge in [-0.25, -0.2) is 0 Å². The Hall–Kier alpha value is -1.06. The van der Waals surface area contributed by atoms with Gasteiger partial charge in [0.25, 0.3) is 0 Å². The Bertz CT molecular complexity index is 379. The van der Waals surface area contributed by atoms with Crippen LogP contribution in [0.5, 0.6) is 5.75 Å². The molecule has 0 aromatic heterocycles. The van der Waals surface area contributed by atoms with Crippen LogP contribution in [0.3, 0.4) is 0 Å². The zero-order valence-corrected chi connectivity index (χ0v) is 13.1. The molecule has 0 aliphatic rings. The average Bonchev–Trinajstić information content (AvgIpc) is 2.43. The highest BCUT2D eigenvalue weighted by atomic mass is 16.5. The molecule has 0 aliphatic heterocycles. The first kappa shape index (κ1) is 16.0. The van der Waals surface area contributed by atoms with Crippen molar-refractivity contribution in [1.82, 2.24) is 10.2 Å². The minimum atomic E-state index is 0.280. The van der Waals surface area contributed by atoms with E-state index in [-0.39, 0.29) is 6.04 Å². The van der Waals surface area contributed by atoms with Crippen molar-refractivity contribution in [1.29, 1.82) is 0 Å². The molecule has 1 aromatic carbocycles. The molecule has 2 atom stereocenters. The fourth-order valence-electron chi connectivity index (χ4n) is 2.26. The van der Waals surface area contributed by atoms with Crippen molar-refractivity contribution in [2.75, 3.05) is 27.7 Å². The first-order valence-corrected chi connectivity index (χ1v) is 7.01. The number of para-hydroxylation sites is 1. The summed E-state index contributed by atoms with van der Waals surface area (Å²) in [5, 5.41) is 3.40. The number of hydrogen-bond acceptors (Lipinski definition) is 3. The zero-order valence-electron chi connectivity index (χ0n) is 13.1. The van der Waals surface area contributed by atoms with Gasteiger partial charge in [0.15, 0.2) is 0 Å². The SMILES string of the molecule is CNC(CN(C)C(C)C(C)C)c1ccccc1OC. The first-order chi connectivity index (χ1) is 9.01. The maximum Gasteiger partial charge on any atom is 0.123 e. The molecule has 1 aromatic rings. The lowest BCUT2D eigenvalue weighted by atomic mass is 10.0. The van der Waals surface area contributed by atoms with E-state index >= 15 is 0 Å². The molecule has 0 saturated carbocycles. The zero-order chi connectivity index (χ0) is 14.4. The Morgan fingerprint density at radius 1 is 1.21 bits per heavy atom. The summed E-state index contributed by atoms with van der Waals surface area (Å²) in [6.07, 6.45) is 0. The van der Waals surface area contributed by atoms with Crippen molar-refractivity contribution >= 4 is 0 Å². The molecular formula is C16H28N2O. The standard InChI is InChI=1S/C16H28N2O/c1-12(2)13(3)18(5)11-15(17-4)14-9-7-8-10-16(14)19-6/h7-10,12-13,15,17H,11H2,1-6H3. The summed E-state index contributed by atoms with van der Waals surface area (Å²) in [6.45, 7) is 7.77. The molecule has 0 radical (unpaired) electrons. The summed E-state index contributed by atoms with van der Waals surface area (Å²) in [7, 11) is 5.92. The molecule has 0 saturated heterocycles. The van der Waals surface area contributed by atoms with E-state index in [2.05, 4.69) is 50.2 Å². The molecule has 0 heterocycles. The van der Waals surface area contributed by atoms with E-state index < -0.39 is 0 Å². The Labute approximate surface area is 118 Å². The van der Waals surface area contributed by atoms with Gasteiger partial charge in [-0.05, 0) is 33.0 Å². The largest absolute Gasteiger partial charge is 0.496 e. The third-order valence-corrected chi connectivity index (χ3v) is 3.99. The van der Waals surface area contributed by atoms with Crippen LogP contribution in [-0.2, 0) is 0 Å². The van der Waals surface area contributed by atoms with Gasteiger partial charge < -0.3 is 15.0 Å². The molecule has 2 unspecified atom stereocenters. The van der Waals surface area contributed by atoms with Crippen LogP contribution < -0.4 is 10.1 Å². The quantitative estimate of drug-likeness (QED) is 0.819. The van der Waals surface area contributed by atoms with Crippen LogP contribution in [0.15, 0.2) is 24.3 Å². The summed E-state index contributed by atoms with van der Waals surface area (Å²) in [4.78, 5) is 2.40. The minimum Gasteiger partial charge on any atom is -0.496 e. The van der Waals surface area contributed by atoms with E-state index in [4.69, 9.17) is 4.74 Å². The Balaban J connectivity index is 2.83. The lowest BCUT2D eigenvalue weighted by molar-refractivity contribution is 0.189. The normalized spacial score (nSPS) is 14.7. The molecule has 1 N–H and O–H groups in total. The molecule has 0 amide bonds. The molecule has 0 bridgehead atoms. The van der Waals surface area contributed by atoms with Crippen molar-refractivity contribution in [2.45, 2.75) is 32.9 Å². The van der Waals surface area contributed by atoms with Gasteiger partial charge >= 0.3 is 0 Å². The molecular weight excluding hydrogens is 236 g/mol. The second-order valence-corrected chi connectivity index (χ2v) is 5.51. The number of hydrogen-bond donors (Lipinski definition) is 1. The fourth-order valence-corrected chi connectivity index (χ4v) is 2.26. The number of methoxy groups -OCH3 is 1. The van der Waals surface area contributed by atoms with Crippen LogP contribution in [0.1, 0.15) is 32.4 Å². The van der Waals surface area contributed by atoms with Crippen LogP contribution in [-0.4, -0.2) is 38.7 Å². The molecule has 0 aliphatic carbocycles. The number of ether oxygens (including phenoxy) is 1. The summed E-state index contributed by atoms with van der Waals surface area (Å²) in [5.41, 5.74) is 1.22. The van der Waals surface area contributed by atoms with Gasteiger partial charge in [0, 0.05) is 24.2 Å². The molecule has 3 heteroatoms. The highest BCUT2D eigenvalue weighted by molar-refractivity contribution is 5.36. The van der Waals surface area contributed by atoms with Crippen molar-refractivity contribution in [3.05, 3.63) is 29.8 Å². The van der Waals surface area contributed by atoms with Gasteiger partial charge in [0.05, 0.1) is 7.11 Å². The van der Waals surface area contributed by atoms with E-state index in [0.29, 0.717) is 12.0 Å². The maximum absolute atomic E-state index is 5.46. The molecule has 3 nitrogen and oxygen atoms in total. The van der Waals surface area contributed by atoms with Crippen LogP contribution in [0.25, 0.3) is 0 Å². The lowest BCUT2D eigenvalue weighted by Crippen LogP contribution is -2.39. The highest BCUT2D eigenvalue weighted by Gasteiger charge is 2.20. The van der Waals surface area contributed by atoms with E-state index in [0.717, 1.165) is 12.3 Å². The number of rotatable bonds is 7. The molecule has 0 spiro atoms. The Kier molecular flexibility index (Phi) is 6.32. The third kappa shape index (κ3) is 4.22. The fraction of sp³-hybridized carbons (Fsp3) is 0.625. The van der Waals surface area contributed by atoms with Gasteiger partial charge in [-0.3, -0.25) is 0 Å². The van der Waals surface area contributed by atoms with E-state index in [1.807, 2.05) is 19.2 Å². The summed E-state index contributed by atoms with van der Waals surface area (Å²) < 4.78 is 5.46. The lowest BCUT2D eigenvalue weighted by Gasteiger charge is -2.31. The maximum atomic E-state index is 5.46. The topological polar surface area (TPSA) is 24.5 Å². The van der Waals surface area contributed by atoms with Gasteiger partial charge in [-0.2, -0.15) is 0 Å². The van der Waals surface area contributed by atoms with Crippen molar-refractivity contribution in [3.8, 4) is 5.75 Å². The van der Waals surface area contributed by atoms with E-state index in [1.54, 1.807) is 7.11 Å². The van der Waals surface area contributed by atoms with Crippen LogP contribution in [0.2, 0.25) is 0 Å². The second kappa shape index (κ2) is 7.51. The van der Waals surface area contributed by atoms with Crippen LogP contribution >= 0.6 is 0 Å². The minimum absolute atomic E-state index is 0.280. The number of nitrogens with one attached hydrogen (secondary N) is 1. The van der Waals surface area contributed by atoms with E-state index in [9.17, 15) is 0 Å². The number of likely N-dealkylation sites (N-methyl/N-ethyl adjacent to an activating group) is 2. The van der Waals surface area contributed by atoms with Gasteiger partial charge in [0.1, 0.15) is 5.75 Å². The monoisotopic (exact) mass is 264 g/mol. The predicted octanol–water partition coefficient (Wildman–Crippen LogP) is 2.93. The van der Waals surface area contributed by atoms with E-state index in [1.165, 1.54) is 5.56 Å². The first-order valence-electron chi connectivity index (χ1n) is 7.01. The van der Waals surface area contributed by atoms with Crippen molar-refractivity contribution < 1.29 is 4.74 Å².